The number of rotatable bonds is 8. The molecule has 1 aliphatic rings. The average molecular weight is 567 g/mol. The number of hydrogen-bond acceptors (Lipinski definition) is 2. The lowest BCUT2D eigenvalue weighted by Gasteiger charge is -2.02. The van der Waals surface area contributed by atoms with E-state index in [0.29, 0.717) is 19.3 Å². The first-order valence-electron chi connectivity index (χ1n) is 15.0. The molecule has 4 aromatic rings. The van der Waals surface area contributed by atoms with E-state index in [9.17, 15) is 14.7 Å². The summed E-state index contributed by atoms with van der Waals surface area (Å²) in [6, 6.07) is 0. The van der Waals surface area contributed by atoms with Crippen LogP contribution >= 0.6 is 0 Å². The number of aromatic amines is 4. The van der Waals surface area contributed by atoms with Gasteiger partial charge in [-0.1, -0.05) is 13.8 Å². The highest BCUT2D eigenvalue weighted by Crippen LogP contribution is 2.23. The van der Waals surface area contributed by atoms with Gasteiger partial charge in [0.2, 0.25) is 0 Å². The lowest BCUT2D eigenvalue weighted by Crippen LogP contribution is -2.14. The van der Waals surface area contributed by atoms with Crippen LogP contribution in [0, 0.1) is 27.7 Å². The zero-order valence-corrected chi connectivity index (χ0v) is 25.8. The molecular weight excluding hydrogens is 524 g/mol. The number of hydrogen-bond donors (Lipinski definition) is 5. The Hall–Kier alpha value is -4.26. The van der Waals surface area contributed by atoms with Crippen LogP contribution in [-0.4, -0.2) is 36.8 Å². The van der Waals surface area contributed by atoms with Gasteiger partial charge in [-0.3, -0.25) is 4.79 Å². The fraction of sp³-hybridized carbons (Fsp3) is 0.371. The summed E-state index contributed by atoms with van der Waals surface area (Å²) in [5, 5.41) is 13.6. The van der Waals surface area contributed by atoms with Crippen LogP contribution in [0.25, 0.3) is 24.3 Å². The second-order valence-electron chi connectivity index (χ2n) is 11.6. The number of carboxylic acids is 1. The number of carbonyl (C=O) groups excluding carboxylic acids is 1. The van der Waals surface area contributed by atoms with E-state index in [2.05, 4.69) is 85.8 Å². The summed E-state index contributed by atoms with van der Waals surface area (Å²) in [5.74, 6) is -0.666. The Kier molecular flexibility index (Phi) is 8.04. The zero-order valence-electron chi connectivity index (χ0n) is 25.8. The molecule has 0 amide bonds. The third-order valence-electron chi connectivity index (χ3n) is 8.98. The van der Waals surface area contributed by atoms with E-state index in [0.717, 1.165) is 79.3 Å². The molecular formula is C35H42N4O3. The minimum absolute atomic E-state index is 0.0495. The predicted octanol–water partition coefficient (Wildman–Crippen LogP) is 3.52. The number of aromatic nitrogens is 4. The van der Waals surface area contributed by atoms with E-state index in [1.54, 1.807) is 6.92 Å². The molecule has 8 bridgehead atoms. The molecule has 0 saturated carbocycles. The Balaban J connectivity index is 1.91. The minimum atomic E-state index is -0.819. The Bertz CT molecular complexity index is 1960. The first-order chi connectivity index (χ1) is 20.0. The quantitative estimate of drug-likeness (QED) is 0.198. The number of nitrogens with one attached hydrogen (secondary N) is 4. The number of aliphatic carboxylic acids is 1. The molecule has 5 heterocycles. The van der Waals surface area contributed by atoms with E-state index in [-0.39, 0.29) is 12.2 Å². The summed E-state index contributed by atoms with van der Waals surface area (Å²) in [7, 11) is 0. The molecule has 5 N–H and O–H groups in total. The van der Waals surface area contributed by atoms with Crippen LogP contribution in [0.2, 0.25) is 0 Å². The molecule has 0 aromatic carbocycles. The highest BCUT2D eigenvalue weighted by Gasteiger charge is 2.17. The van der Waals surface area contributed by atoms with Crippen molar-refractivity contribution >= 4 is 36.1 Å². The highest BCUT2D eigenvalue weighted by atomic mass is 16.4. The second-order valence-corrected chi connectivity index (χ2v) is 11.6. The van der Waals surface area contributed by atoms with Crippen molar-refractivity contribution in [1.82, 2.24) is 19.9 Å². The molecule has 0 saturated heterocycles. The molecule has 0 aliphatic carbocycles. The smallest absolute Gasteiger partial charge is 0.303 e. The molecule has 220 valence electrons. The second kappa shape index (κ2) is 11.6. The van der Waals surface area contributed by atoms with Gasteiger partial charge in [-0.2, -0.15) is 0 Å². The molecule has 42 heavy (non-hydrogen) atoms. The number of Topliss-reactive ketones (excluding diaryl/α,β-unsaturated/α-hetero) is 1. The molecule has 0 atom stereocenters. The molecule has 0 unspecified atom stereocenters. The van der Waals surface area contributed by atoms with E-state index < -0.39 is 5.97 Å². The van der Waals surface area contributed by atoms with Gasteiger partial charge >= 0.3 is 5.97 Å². The molecule has 0 radical (unpaired) electrons. The van der Waals surface area contributed by atoms with Crippen LogP contribution in [0.4, 0.5) is 0 Å². The van der Waals surface area contributed by atoms with Crippen molar-refractivity contribution in [3.05, 3.63) is 88.7 Å². The maximum absolute atomic E-state index is 12.0. The van der Waals surface area contributed by atoms with Gasteiger partial charge in [0.05, 0.1) is 0 Å². The van der Waals surface area contributed by atoms with Crippen LogP contribution in [0.5, 0.6) is 0 Å². The van der Waals surface area contributed by atoms with Crippen molar-refractivity contribution < 1.29 is 14.7 Å². The Morgan fingerprint density at radius 3 is 1.60 bits per heavy atom. The largest absolute Gasteiger partial charge is 0.481 e. The topological polar surface area (TPSA) is 118 Å². The number of H-pyrrole nitrogens is 4. The molecule has 0 spiro atoms. The van der Waals surface area contributed by atoms with Gasteiger partial charge in [-0.05, 0) is 129 Å². The van der Waals surface area contributed by atoms with Crippen LogP contribution < -0.4 is 21.4 Å². The SMILES string of the molecule is CCc1c2[nH]c(c1C)C=c1[nH]c(c(CCC(C)=O)c1C)=Cc1[nH]c(c(C)c1CCC(=O)O)C=c1[nH]c(c(C)c1CC)=C2. The van der Waals surface area contributed by atoms with Crippen LogP contribution in [0.1, 0.15) is 101 Å². The number of ketones is 1. The van der Waals surface area contributed by atoms with Gasteiger partial charge in [0, 0.05) is 57.0 Å². The molecule has 4 aromatic heterocycles. The molecule has 5 rings (SSSR count). The van der Waals surface area contributed by atoms with Crippen molar-refractivity contribution in [3.63, 3.8) is 0 Å². The minimum Gasteiger partial charge on any atom is -0.481 e. The first kappa shape index (κ1) is 29.2. The lowest BCUT2D eigenvalue weighted by molar-refractivity contribution is -0.137. The van der Waals surface area contributed by atoms with Crippen LogP contribution in [0.3, 0.4) is 0 Å². The number of fused-ring (bicyclic) bond motifs is 8. The van der Waals surface area contributed by atoms with Gasteiger partial charge < -0.3 is 29.8 Å². The Morgan fingerprint density at radius 1 is 0.571 bits per heavy atom. The number of carboxylic acid groups (broad SMARTS) is 1. The van der Waals surface area contributed by atoms with Gasteiger partial charge in [0.15, 0.2) is 0 Å². The summed E-state index contributed by atoms with van der Waals surface area (Å²) in [6.07, 6.45) is 12.0. The van der Waals surface area contributed by atoms with Crippen molar-refractivity contribution in [2.75, 3.05) is 0 Å². The maximum Gasteiger partial charge on any atom is 0.303 e. The molecule has 1 aliphatic heterocycles. The third-order valence-corrected chi connectivity index (χ3v) is 8.98. The zero-order chi connectivity index (χ0) is 30.3. The summed E-state index contributed by atoms with van der Waals surface area (Å²) in [4.78, 5) is 38.2. The van der Waals surface area contributed by atoms with Crippen molar-refractivity contribution in [2.45, 2.75) is 87.0 Å². The van der Waals surface area contributed by atoms with Crippen LogP contribution in [-0.2, 0) is 35.3 Å². The summed E-state index contributed by atoms with van der Waals surface area (Å²) in [5.41, 5.74) is 13.3. The monoisotopic (exact) mass is 566 g/mol. The van der Waals surface area contributed by atoms with E-state index in [1.807, 2.05) is 0 Å². The summed E-state index contributed by atoms with van der Waals surface area (Å²) < 4.78 is 0. The van der Waals surface area contributed by atoms with Crippen LogP contribution in [0.15, 0.2) is 0 Å². The first-order valence-corrected chi connectivity index (χ1v) is 15.0. The average Bonchev–Trinajstić information content (AvgIpc) is 3.59. The standard InChI is InChI=1S/C35H42N4O3/c1-8-23-19(4)27-14-28-21(6)25(11-10-18(3)40)33(38-28)17-34-26(12-13-35(41)42)22(7)30(39-34)16-32-24(9-2)20(5)29(37-32)15-31(23)36-27/h14-17,36-39H,8-13H2,1-7H3,(H,41,42). The summed E-state index contributed by atoms with van der Waals surface area (Å²) >= 11 is 0. The number of carbonyl (C=O) groups is 2. The van der Waals surface area contributed by atoms with Gasteiger partial charge in [-0.25, -0.2) is 0 Å². The summed E-state index contributed by atoms with van der Waals surface area (Å²) in [6.45, 7) is 14.5. The highest BCUT2D eigenvalue weighted by molar-refractivity contribution is 5.76. The fourth-order valence-corrected chi connectivity index (χ4v) is 6.45. The van der Waals surface area contributed by atoms with Crippen molar-refractivity contribution in [2.24, 2.45) is 0 Å². The van der Waals surface area contributed by atoms with E-state index in [1.165, 1.54) is 22.3 Å². The van der Waals surface area contributed by atoms with Gasteiger partial charge in [0.25, 0.3) is 0 Å². The lowest BCUT2D eigenvalue weighted by atomic mass is 10.0. The van der Waals surface area contributed by atoms with Gasteiger partial charge in [0.1, 0.15) is 5.78 Å². The van der Waals surface area contributed by atoms with Crippen molar-refractivity contribution in [1.29, 1.82) is 0 Å². The fourth-order valence-electron chi connectivity index (χ4n) is 6.45. The predicted molar refractivity (Wildman–Crippen MR) is 169 cm³/mol. The van der Waals surface area contributed by atoms with E-state index >= 15 is 0 Å². The third kappa shape index (κ3) is 5.36. The van der Waals surface area contributed by atoms with Gasteiger partial charge in [-0.15, -0.1) is 0 Å². The van der Waals surface area contributed by atoms with E-state index in [4.69, 9.17) is 0 Å². The van der Waals surface area contributed by atoms with Crippen molar-refractivity contribution in [3.8, 4) is 0 Å². The Labute approximate surface area is 246 Å². The maximum atomic E-state index is 12.0. The Morgan fingerprint density at radius 2 is 1.02 bits per heavy atom. The molecule has 7 heteroatoms. The molecule has 7 nitrogen and oxygen atoms in total. The molecule has 0 fully saturated rings. The normalized spacial score (nSPS) is 12.4.